The molecule has 1 N–H and O–H groups in total. The number of aromatic hydroxyl groups is 1. The van der Waals surface area contributed by atoms with Crippen LogP contribution in [0.25, 0.3) is 22.6 Å². The summed E-state index contributed by atoms with van der Waals surface area (Å²) >= 11 is 0. The Morgan fingerprint density at radius 3 is 2.30 bits per heavy atom. The number of oxazole rings is 1. The molecule has 1 saturated carbocycles. The first kappa shape index (κ1) is 18.7. The van der Waals surface area contributed by atoms with Gasteiger partial charge in [0.15, 0.2) is 11.7 Å². The standard InChI is InChI=1S/C27H25NO2/c29-23-15-7-9-19(18-23)17-22-14-8-16-24(22)27-28-25(20-10-3-1-4-11-20)26(30-27)21-12-5-2-6-13-21/h1-7,9-13,15,18,22,24,29H,8,14,16-17H2. The van der Waals surface area contributed by atoms with E-state index in [0.717, 1.165) is 47.7 Å². The maximum Gasteiger partial charge on any atom is 0.198 e. The summed E-state index contributed by atoms with van der Waals surface area (Å²) in [5.74, 6) is 2.79. The van der Waals surface area contributed by atoms with Gasteiger partial charge in [-0.2, -0.15) is 0 Å². The third-order valence-corrected chi connectivity index (χ3v) is 6.11. The van der Waals surface area contributed by atoms with E-state index < -0.39 is 0 Å². The summed E-state index contributed by atoms with van der Waals surface area (Å²) in [4.78, 5) is 5.03. The summed E-state index contributed by atoms with van der Waals surface area (Å²) in [6.07, 6.45) is 4.36. The van der Waals surface area contributed by atoms with E-state index in [1.54, 1.807) is 6.07 Å². The average Bonchev–Trinajstić information content (AvgIpc) is 3.42. The number of hydrogen-bond donors (Lipinski definition) is 1. The molecule has 5 rings (SSSR count). The molecule has 1 aromatic heterocycles. The van der Waals surface area contributed by atoms with Crippen LogP contribution in [0.3, 0.4) is 0 Å². The summed E-state index contributed by atoms with van der Waals surface area (Å²) in [5, 5.41) is 9.83. The van der Waals surface area contributed by atoms with Gasteiger partial charge in [0.1, 0.15) is 11.4 Å². The van der Waals surface area contributed by atoms with Crippen molar-refractivity contribution in [1.29, 1.82) is 0 Å². The Balaban J connectivity index is 1.51. The van der Waals surface area contributed by atoms with Gasteiger partial charge in [0, 0.05) is 17.0 Å². The fraction of sp³-hybridized carbons (Fsp3) is 0.222. The Morgan fingerprint density at radius 2 is 1.57 bits per heavy atom. The molecule has 0 amide bonds. The van der Waals surface area contributed by atoms with Gasteiger partial charge in [-0.15, -0.1) is 0 Å². The molecule has 0 saturated heterocycles. The van der Waals surface area contributed by atoms with Crippen molar-refractivity contribution < 1.29 is 9.52 Å². The topological polar surface area (TPSA) is 46.3 Å². The lowest BCUT2D eigenvalue weighted by Gasteiger charge is -2.17. The van der Waals surface area contributed by atoms with Gasteiger partial charge in [0.05, 0.1) is 0 Å². The zero-order valence-corrected chi connectivity index (χ0v) is 16.9. The van der Waals surface area contributed by atoms with Crippen LogP contribution in [0.4, 0.5) is 0 Å². The van der Waals surface area contributed by atoms with Crippen LogP contribution < -0.4 is 0 Å². The predicted molar refractivity (Wildman–Crippen MR) is 119 cm³/mol. The first-order valence-corrected chi connectivity index (χ1v) is 10.7. The van der Waals surface area contributed by atoms with Crippen molar-refractivity contribution in [3.63, 3.8) is 0 Å². The number of rotatable bonds is 5. The Bertz CT molecular complexity index is 1060. The summed E-state index contributed by atoms with van der Waals surface area (Å²) in [6, 6.07) is 28.1. The predicted octanol–water partition coefficient (Wildman–Crippen LogP) is 6.84. The molecule has 3 heteroatoms. The summed E-state index contributed by atoms with van der Waals surface area (Å²) in [7, 11) is 0. The molecule has 0 bridgehead atoms. The quantitative estimate of drug-likeness (QED) is 0.402. The lowest BCUT2D eigenvalue weighted by molar-refractivity contribution is 0.385. The first-order valence-electron chi connectivity index (χ1n) is 10.7. The molecule has 3 aromatic carbocycles. The van der Waals surface area contributed by atoms with Crippen LogP contribution in [0.5, 0.6) is 5.75 Å². The van der Waals surface area contributed by atoms with Crippen molar-refractivity contribution in [2.75, 3.05) is 0 Å². The molecule has 150 valence electrons. The van der Waals surface area contributed by atoms with Gasteiger partial charge in [-0.25, -0.2) is 4.98 Å². The minimum absolute atomic E-state index is 0.298. The second-order valence-electron chi connectivity index (χ2n) is 8.13. The van der Waals surface area contributed by atoms with E-state index in [1.165, 1.54) is 12.0 Å². The summed E-state index contributed by atoms with van der Waals surface area (Å²) in [6.45, 7) is 0. The summed E-state index contributed by atoms with van der Waals surface area (Å²) in [5.41, 5.74) is 4.22. The van der Waals surface area contributed by atoms with Crippen molar-refractivity contribution >= 4 is 0 Å². The van der Waals surface area contributed by atoms with E-state index in [2.05, 4.69) is 30.3 Å². The van der Waals surface area contributed by atoms with Crippen molar-refractivity contribution in [3.8, 4) is 28.3 Å². The monoisotopic (exact) mass is 395 g/mol. The maximum absolute atomic E-state index is 9.83. The largest absolute Gasteiger partial charge is 0.508 e. The fourth-order valence-corrected chi connectivity index (χ4v) is 4.66. The van der Waals surface area contributed by atoms with E-state index in [-0.39, 0.29) is 0 Å². The second kappa shape index (κ2) is 8.19. The Morgan fingerprint density at radius 1 is 0.833 bits per heavy atom. The van der Waals surface area contributed by atoms with E-state index in [9.17, 15) is 5.11 Å². The van der Waals surface area contributed by atoms with Crippen LogP contribution in [0.1, 0.15) is 36.6 Å². The molecule has 2 unspecified atom stereocenters. The molecular formula is C27H25NO2. The second-order valence-corrected chi connectivity index (χ2v) is 8.13. The molecule has 4 aromatic rings. The zero-order chi connectivity index (χ0) is 20.3. The van der Waals surface area contributed by atoms with Gasteiger partial charge >= 0.3 is 0 Å². The molecule has 2 atom stereocenters. The van der Waals surface area contributed by atoms with E-state index in [0.29, 0.717) is 17.6 Å². The minimum Gasteiger partial charge on any atom is -0.508 e. The van der Waals surface area contributed by atoms with E-state index in [4.69, 9.17) is 9.40 Å². The lowest BCUT2D eigenvalue weighted by Crippen LogP contribution is -2.10. The van der Waals surface area contributed by atoms with Crippen molar-refractivity contribution in [2.24, 2.45) is 5.92 Å². The SMILES string of the molecule is Oc1cccc(CC2CCCC2c2nc(-c3ccccc3)c(-c3ccccc3)o2)c1. The lowest BCUT2D eigenvalue weighted by atomic mass is 9.89. The van der Waals surface area contributed by atoms with Crippen LogP contribution in [0.2, 0.25) is 0 Å². The number of aromatic nitrogens is 1. The van der Waals surface area contributed by atoms with Crippen molar-refractivity contribution in [1.82, 2.24) is 4.98 Å². The molecule has 30 heavy (non-hydrogen) atoms. The maximum atomic E-state index is 9.83. The number of nitrogens with zero attached hydrogens (tertiary/aromatic N) is 1. The molecular weight excluding hydrogens is 370 g/mol. The van der Waals surface area contributed by atoms with Crippen molar-refractivity contribution in [2.45, 2.75) is 31.6 Å². The molecule has 1 fully saturated rings. The molecule has 1 aliphatic rings. The van der Waals surface area contributed by atoms with E-state index in [1.807, 2.05) is 48.5 Å². The highest BCUT2D eigenvalue weighted by Crippen LogP contribution is 2.44. The highest BCUT2D eigenvalue weighted by atomic mass is 16.4. The highest BCUT2D eigenvalue weighted by Gasteiger charge is 2.33. The van der Waals surface area contributed by atoms with Crippen LogP contribution in [-0.4, -0.2) is 10.1 Å². The first-order chi connectivity index (χ1) is 14.8. The molecule has 0 radical (unpaired) electrons. The minimum atomic E-state index is 0.298. The Labute approximate surface area is 177 Å². The molecule has 0 spiro atoms. The molecule has 1 heterocycles. The number of phenolic OH excluding ortho intramolecular Hbond substituents is 1. The molecule has 0 aliphatic heterocycles. The number of phenols is 1. The van der Waals surface area contributed by atoms with Gasteiger partial charge in [0.25, 0.3) is 0 Å². The smallest absolute Gasteiger partial charge is 0.198 e. The van der Waals surface area contributed by atoms with Crippen LogP contribution in [-0.2, 0) is 6.42 Å². The average molecular weight is 396 g/mol. The normalized spacial score (nSPS) is 18.5. The zero-order valence-electron chi connectivity index (χ0n) is 16.9. The number of hydrogen-bond acceptors (Lipinski definition) is 3. The van der Waals surface area contributed by atoms with E-state index >= 15 is 0 Å². The van der Waals surface area contributed by atoms with Gasteiger partial charge in [-0.1, -0.05) is 79.2 Å². The Kier molecular flexibility index (Phi) is 5.10. The van der Waals surface area contributed by atoms with Crippen LogP contribution in [0.15, 0.2) is 89.3 Å². The summed E-state index contributed by atoms with van der Waals surface area (Å²) < 4.78 is 6.47. The highest BCUT2D eigenvalue weighted by molar-refractivity contribution is 5.76. The fourth-order valence-electron chi connectivity index (χ4n) is 4.66. The third kappa shape index (κ3) is 3.76. The van der Waals surface area contributed by atoms with Crippen LogP contribution >= 0.6 is 0 Å². The Hall–Kier alpha value is -3.33. The third-order valence-electron chi connectivity index (χ3n) is 6.11. The molecule has 1 aliphatic carbocycles. The molecule has 3 nitrogen and oxygen atoms in total. The van der Waals surface area contributed by atoms with Gasteiger partial charge in [-0.3, -0.25) is 0 Å². The number of benzene rings is 3. The van der Waals surface area contributed by atoms with Crippen molar-refractivity contribution in [3.05, 3.63) is 96.4 Å². The van der Waals surface area contributed by atoms with Gasteiger partial charge in [-0.05, 0) is 42.9 Å². The van der Waals surface area contributed by atoms with Gasteiger partial charge < -0.3 is 9.52 Å². The van der Waals surface area contributed by atoms with Gasteiger partial charge in [0.2, 0.25) is 0 Å². The van der Waals surface area contributed by atoms with Crippen LogP contribution in [0, 0.1) is 5.92 Å².